The summed E-state index contributed by atoms with van der Waals surface area (Å²) in [5.74, 6) is -0.136. The summed E-state index contributed by atoms with van der Waals surface area (Å²) in [6.45, 7) is 2.00. The molecule has 1 aromatic carbocycles. The Morgan fingerprint density at radius 2 is 1.83 bits per heavy atom. The predicted octanol–water partition coefficient (Wildman–Crippen LogP) is 2.67. The van der Waals surface area contributed by atoms with Crippen LogP contribution in [-0.4, -0.2) is 16.6 Å². The maximum atomic E-state index is 11.9. The number of Topliss-reactive ketones (excluding diaryl/α,β-unsaturated/α-hetero) is 2. The number of carbonyl (C=O) groups is 2. The lowest BCUT2D eigenvalue weighted by atomic mass is 9.91. The van der Waals surface area contributed by atoms with Gasteiger partial charge in [-0.3, -0.25) is 9.59 Å². The Morgan fingerprint density at radius 1 is 1.11 bits per heavy atom. The number of rotatable bonds is 2. The summed E-state index contributed by atoms with van der Waals surface area (Å²) in [5, 5.41) is 0. The van der Waals surface area contributed by atoms with Gasteiger partial charge in [-0.15, -0.1) is 0 Å². The van der Waals surface area contributed by atoms with Gasteiger partial charge < -0.3 is 4.42 Å². The van der Waals surface area contributed by atoms with Crippen LogP contribution >= 0.6 is 0 Å². The van der Waals surface area contributed by atoms with E-state index in [9.17, 15) is 9.59 Å². The van der Waals surface area contributed by atoms with E-state index < -0.39 is 11.6 Å². The van der Waals surface area contributed by atoms with Crippen molar-refractivity contribution in [2.75, 3.05) is 0 Å². The molecule has 0 N–H and O–H groups in total. The minimum Gasteiger partial charge on any atom is -0.440 e. The number of nitrogens with zero attached hydrogens (tertiary/aromatic N) is 1. The molecule has 0 amide bonds. The molecule has 4 nitrogen and oxygen atoms in total. The van der Waals surface area contributed by atoms with Gasteiger partial charge in [0.2, 0.25) is 5.78 Å². The second-order valence-corrected chi connectivity index (χ2v) is 4.24. The molecule has 0 spiro atoms. The van der Waals surface area contributed by atoms with Gasteiger partial charge in [0, 0.05) is 17.5 Å². The Balaban J connectivity index is 2.24. The Bertz CT molecular complexity index is 655. The van der Waals surface area contributed by atoms with E-state index >= 15 is 0 Å². The van der Waals surface area contributed by atoms with Gasteiger partial charge in [-0.05, 0) is 6.42 Å². The lowest BCUT2D eigenvalue weighted by Crippen LogP contribution is -2.20. The molecule has 0 fully saturated rings. The first-order chi connectivity index (χ1) is 8.72. The number of oxazole rings is 1. The van der Waals surface area contributed by atoms with Crippen LogP contribution in [0.2, 0.25) is 0 Å². The van der Waals surface area contributed by atoms with Crippen LogP contribution in [0.1, 0.15) is 40.1 Å². The van der Waals surface area contributed by atoms with Crippen LogP contribution in [0.15, 0.2) is 28.7 Å². The average Bonchev–Trinajstić information content (AvgIpc) is 2.81. The van der Waals surface area contributed by atoms with Crippen molar-refractivity contribution < 1.29 is 14.0 Å². The first kappa shape index (κ1) is 10.9. The predicted molar refractivity (Wildman–Crippen MR) is 64.6 cm³/mol. The van der Waals surface area contributed by atoms with Gasteiger partial charge in [0.15, 0.2) is 17.3 Å². The topological polar surface area (TPSA) is 60.2 Å². The Kier molecular flexibility index (Phi) is 2.37. The molecule has 1 aliphatic rings. The van der Waals surface area contributed by atoms with Crippen LogP contribution in [0.3, 0.4) is 0 Å². The number of aromatic nitrogens is 1. The van der Waals surface area contributed by atoms with Crippen molar-refractivity contribution in [2.45, 2.75) is 19.8 Å². The van der Waals surface area contributed by atoms with Crippen LogP contribution in [0.5, 0.6) is 0 Å². The van der Waals surface area contributed by atoms with Gasteiger partial charge in [0.25, 0.3) is 5.78 Å². The first-order valence-electron chi connectivity index (χ1n) is 5.90. The normalized spacial score (nSPS) is 13.4. The molecule has 0 unspecified atom stereocenters. The maximum Gasteiger partial charge on any atom is 0.255 e. The second-order valence-electron chi connectivity index (χ2n) is 4.24. The molecule has 1 heterocycles. The Labute approximate surface area is 104 Å². The van der Waals surface area contributed by atoms with Gasteiger partial charge in [0.05, 0.1) is 0 Å². The van der Waals surface area contributed by atoms with Crippen molar-refractivity contribution in [2.24, 2.45) is 0 Å². The number of hydrogen-bond acceptors (Lipinski definition) is 4. The third-order valence-electron chi connectivity index (χ3n) is 2.97. The molecule has 0 saturated heterocycles. The fraction of sp³-hybridized carbons (Fsp3) is 0.214. The summed E-state index contributed by atoms with van der Waals surface area (Å²) in [6.07, 6.45) is 1.54. The van der Waals surface area contributed by atoms with Gasteiger partial charge in [0.1, 0.15) is 0 Å². The van der Waals surface area contributed by atoms with Crippen molar-refractivity contribution in [3.8, 4) is 11.3 Å². The van der Waals surface area contributed by atoms with Crippen LogP contribution in [-0.2, 0) is 6.42 Å². The summed E-state index contributed by atoms with van der Waals surface area (Å²) >= 11 is 0. The van der Waals surface area contributed by atoms with E-state index in [1.54, 1.807) is 18.2 Å². The SMILES string of the molecule is CCCc1nc2c(o1)-c1ccccc1C(=O)C2=O. The van der Waals surface area contributed by atoms with E-state index in [4.69, 9.17) is 4.42 Å². The van der Waals surface area contributed by atoms with Crippen LogP contribution in [0.25, 0.3) is 11.3 Å². The summed E-state index contributed by atoms with van der Waals surface area (Å²) in [7, 11) is 0. The van der Waals surface area contributed by atoms with E-state index in [1.807, 2.05) is 13.0 Å². The average molecular weight is 241 g/mol. The molecular formula is C14H11NO3. The molecular weight excluding hydrogens is 230 g/mol. The zero-order valence-corrected chi connectivity index (χ0v) is 9.90. The molecule has 0 radical (unpaired) electrons. The zero-order valence-electron chi connectivity index (χ0n) is 9.90. The fourth-order valence-corrected chi connectivity index (χ4v) is 2.13. The molecule has 1 aliphatic carbocycles. The highest BCUT2D eigenvalue weighted by atomic mass is 16.4. The molecule has 0 saturated carbocycles. The lowest BCUT2D eigenvalue weighted by molar-refractivity contribution is 0.0812. The molecule has 3 rings (SSSR count). The second kappa shape index (κ2) is 3.91. The van der Waals surface area contributed by atoms with Crippen molar-refractivity contribution in [3.63, 3.8) is 0 Å². The maximum absolute atomic E-state index is 11.9. The molecule has 4 heteroatoms. The van der Waals surface area contributed by atoms with E-state index in [1.165, 1.54) is 0 Å². The summed E-state index contributed by atoms with van der Waals surface area (Å²) in [4.78, 5) is 28.0. The van der Waals surface area contributed by atoms with Crippen molar-refractivity contribution in [1.82, 2.24) is 4.98 Å². The largest absolute Gasteiger partial charge is 0.440 e. The van der Waals surface area contributed by atoms with E-state index in [0.29, 0.717) is 29.2 Å². The summed E-state index contributed by atoms with van der Waals surface area (Å²) < 4.78 is 5.61. The lowest BCUT2D eigenvalue weighted by Gasteiger charge is -2.10. The van der Waals surface area contributed by atoms with E-state index in [0.717, 1.165) is 6.42 Å². The zero-order chi connectivity index (χ0) is 12.7. The summed E-state index contributed by atoms with van der Waals surface area (Å²) in [6, 6.07) is 6.96. The number of fused-ring (bicyclic) bond motifs is 3. The van der Waals surface area contributed by atoms with Crippen molar-refractivity contribution in [1.29, 1.82) is 0 Å². The Hall–Kier alpha value is -2.23. The van der Waals surface area contributed by atoms with Gasteiger partial charge in [-0.1, -0.05) is 31.2 Å². The number of benzene rings is 1. The minimum atomic E-state index is -0.574. The van der Waals surface area contributed by atoms with E-state index in [2.05, 4.69) is 4.98 Å². The highest BCUT2D eigenvalue weighted by Crippen LogP contribution is 2.33. The first-order valence-corrected chi connectivity index (χ1v) is 5.90. The minimum absolute atomic E-state index is 0.155. The highest BCUT2D eigenvalue weighted by Gasteiger charge is 2.34. The Morgan fingerprint density at radius 3 is 2.56 bits per heavy atom. The van der Waals surface area contributed by atoms with Crippen LogP contribution in [0, 0.1) is 0 Å². The van der Waals surface area contributed by atoms with Crippen LogP contribution < -0.4 is 0 Å². The highest BCUT2D eigenvalue weighted by molar-refractivity contribution is 6.52. The standard InChI is InChI=1S/C14H11NO3/c1-2-5-10-15-11-13(17)12(16)8-6-3-4-7-9(8)14(11)18-10/h3-4,6-7H,2,5H2,1H3. The third kappa shape index (κ3) is 1.42. The number of carbonyl (C=O) groups excluding carboxylic acids is 2. The number of ketones is 2. The molecule has 0 atom stereocenters. The van der Waals surface area contributed by atoms with Crippen molar-refractivity contribution >= 4 is 11.6 Å². The third-order valence-corrected chi connectivity index (χ3v) is 2.97. The van der Waals surface area contributed by atoms with Crippen molar-refractivity contribution in [3.05, 3.63) is 41.4 Å². The van der Waals surface area contributed by atoms with Gasteiger partial charge in [-0.2, -0.15) is 0 Å². The quantitative estimate of drug-likeness (QED) is 0.758. The molecule has 0 aliphatic heterocycles. The fourth-order valence-electron chi connectivity index (χ4n) is 2.13. The molecule has 18 heavy (non-hydrogen) atoms. The smallest absolute Gasteiger partial charge is 0.255 e. The molecule has 0 bridgehead atoms. The van der Waals surface area contributed by atoms with E-state index in [-0.39, 0.29) is 5.69 Å². The van der Waals surface area contributed by atoms with Gasteiger partial charge in [-0.25, -0.2) is 4.98 Å². The monoisotopic (exact) mass is 241 g/mol. The number of aryl methyl sites for hydroxylation is 1. The molecule has 90 valence electrons. The molecule has 1 aromatic heterocycles. The van der Waals surface area contributed by atoms with Gasteiger partial charge >= 0.3 is 0 Å². The summed E-state index contributed by atoms with van der Waals surface area (Å²) in [5.41, 5.74) is 1.21. The number of hydrogen-bond donors (Lipinski definition) is 0. The van der Waals surface area contributed by atoms with Crippen LogP contribution in [0.4, 0.5) is 0 Å². The molecule has 2 aromatic rings.